The third kappa shape index (κ3) is 2.16. The zero-order chi connectivity index (χ0) is 11.4. The van der Waals surface area contributed by atoms with Gasteiger partial charge in [-0.2, -0.15) is 0 Å². The van der Waals surface area contributed by atoms with Crippen LogP contribution in [0.2, 0.25) is 0 Å². The molecule has 0 saturated carbocycles. The average molecular weight is 213 g/mol. The van der Waals surface area contributed by atoms with Gasteiger partial charge in [-0.25, -0.2) is 4.39 Å². The molecule has 0 N–H and O–H groups in total. The first-order chi connectivity index (χ1) is 7.81. The number of hydrogen-bond acceptors (Lipinski definition) is 1. The van der Waals surface area contributed by atoms with Crippen LogP contribution in [0, 0.1) is 0 Å². The van der Waals surface area contributed by atoms with Crippen molar-refractivity contribution >= 4 is 5.83 Å². The van der Waals surface area contributed by atoms with Crippen molar-refractivity contribution in [3.63, 3.8) is 0 Å². The quantitative estimate of drug-likeness (QED) is 0.732. The lowest BCUT2D eigenvalue weighted by Gasteiger charge is -2.01. The summed E-state index contributed by atoms with van der Waals surface area (Å²) in [6.07, 6.45) is 3.20. The van der Waals surface area contributed by atoms with Crippen molar-refractivity contribution in [1.82, 2.24) is 4.98 Å². The lowest BCUT2D eigenvalue weighted by molar-refractivity contribution is 0.758. The number of aromatic nitrogens is 1. The lowest BCUT2D eigenvalue weighted by atomic mass is 10.1. The molecule has 0 spiro atoms. The highest BCUT2D eigenvalue weighted by molar-refractivity contribution is 5.65. The van der Waals surface area contributed by atoms with Gasteiger partial charge in [0.25, 0.3) is 0 Å². The summed E-state index contributed by atoms with van der Waals surface area (Å²) in [6, 6.07) is 13.0. The Hall–Kier alpha value is -1.96. The normalized spacial score (nSPS) is 11.5. The Morgan fingerprint density at radius 1 is 1.12 bits per heavy atom. The number of allylic oxidation sites excluding steroid dienone is 1. The van der Waals surface area contributed by atoms with Crippen LogP contribution in [0.25, 0.3) is 17.1 Å². The van der Waals surface area contributed by atoms with E-state index < -0.39 is 0 Å². The minimum absolute atomic E-state index is 0.201. The van der Waals surface area contributed by atoms with Crippen molar-refractivity contribution < 1.29 is 4.39 Å². The van der Waals surface area contributed by atoms with E-state index in [0.717, 1.165) is 11.3 Å². The van der Waals surface area contributed by atoms with Crippen LogP contribution in [-0.4, -0.2) is 4.98 Å². The fourth-order valence-corrected chi connectivity index (χ4v) is 1.50. The summed E-state index contributed by atoms with van der Waals surface area (Å²) in [6.45, 7) is 1.68. The van der Waals surface area contributed by atoms with Gasteiger partial charge in [-0.1, -0.05) is 36.4 Å². The van der Waals surface area contributed by atoms with E-state index in [0.29, 0.717) is 5.56 Å². The molecule has 0 aliphatic heterocycles. The largest absolute Gasteiger partial charge is 0.256 e. The molecule has 0 saturated heterocycles. The van der Waals surface area contributed by atoms with Crippen LogP contribution in [0.1, 0.15) is 12.5 Å². The highest BCUT2D eigenvalue weighted by Gasteiger charge is 2.00. The molecule has 0 aliphatic carbocycles. The third-order valence-corrected chi connectivity index (χ3v) is 2.37. The fraction of sp³-hybridized carbons (Fsp3) is 0.0714. The molecule has 0 fully saturated rings. The Kier molecular flexibility index (Phi) is 3.10. The number of halogens is 1. The Morgan fingerprint density at radius 2 is 1.88 bits per heavy atom. The van der Waals surface area contributed by atoms with Crippen LogP contribution in [0.4, 0.5) is 4.39 Å². The van der Waals surface area contributed by atoms with Gasteiger partial charge in [0, 0.05) is 17.3 Å². The maximum atomic E-state index is 13.2. The van der Waals surface area contributed by atoms with Crippen molar-refractivity contribution in [2.24, 2.45) is 0 Å². The average Bonchev–Trinajstić information content (AvgIpc) is 2.39. The van der Waals surface area contributed by atoms with Crippen molar-refractivity contribution in [3.05, 3.63) is 60.3 Å². The molecule has 0 aliphatic rings. The SMILES string of the molecule is C/C=C(\F)c1ccc(-c2ccccn2)cc1. The predicted octanol–water partition coefficient (Wildman–Crippen LogP) is 4.08. The summed E-state index contributed by atoms with van der Waals surface area (Å²) in [5.74, 6) is -0.201. The van der Waals surface area contributed by atoms with Gasteiger partial charge >= 0.3 is 0 Å². The molecule has 0 unspecified atom stereocenters. The standard InChI is InChI=1S/C14H12FN/c1-2-13(15)11-6-8-12(9-7-11)14-5-3-4-10-16-14/h2-10H,1H3/b13-2-. The smallest absolute Gasteiger partial charge is 0.126 e. The molecule has 2 rings (SSSR count). The minimum atomic E-state index is -0.201. The van der Waals surface area contributed by atoms with Gasteiger partial charge in [-0.3, -0.25) is 4.98 Å². The van der Waals surface area contributed by atoms with Crippen LogP contribution in [0.15, 0.2) is 54.7 Å². The van der Waals surface area contributed by atoms with E-state index >= 15 is 0 Å². The first-order valence-electron chi connectivity index (χ1n) is 5.15. The number of pyridine rings is 1. The van der Waals surface area contributed by atoms with Crippen LogP contribution in [0.5, 0.6) is 0 Å². The maximum Gasteiger partial charge on any atom is 0.126 e. The van der Waals surface area contributed by atoms with E-state index in [9.17, 15) is 4.39 Å². The molecule has 1 aromatic carbocycles. The van der Waals surface area contributed by atoms with E-state index in [2.05, 4.69) is 4.98 Å². The Bertz CT molecular complexity index is 486. The van der Waals surface area contributed by atoms with E-state index in [1.165, 1.54) is 6.08 Å². The van der Waals surface area contributed by atoms with E-state index in [-0.39, 0.29) is 5.83 Å². The summed E-state index contributed by atoms with van der Waals surface area (Å²) in [5.41, 5.74) is 2.49. The van der Waals surface area contributed by atoms with Gasteiger partial charge in [-0.15, -0.1) is 0 Å². The molecule has 0 atom stereocenters. The Morgan fingerprint density at radius 3 is 2.44 bits per heavy atom. The second-order valence-corrected chi connectivity index (χ2v) is 3.43. The van der Waals surface area contributed by atoms with E-state index in [4.69, 9.17) is 0 Å². The summed E-state index contributed by atoms with van der Waals surface area (Å²) >= 11 is 0. The molecule has 16 heavy (non-hydrogen) atoms. The molecule has 1 heterocycles. The zero-order valence-corrected chi connectivity index (χ0v) is 9.02. The predicted molar refractivity (Wildman–Crippen MR) is 64.4 cm³/mol. The molecule has 1 nitrogen and oxygen atoms in total. The molecule has 1 aromatic heterocycles. The van der Waals surface area contributed by atoms with Gasteiger partial charge in [0.1, 0.15) is 5.83 Å². The second kappa shape index (κ2) is 4.71. The number of hydrogen-bond donors (Lipinski definition) is 0. The molecule has 0 radical (unpaired) electrons. The summed E-state index contributed by atoms with van der Waals surface area (Å²) < 4.78 is 13.2. The van der Waals surface area contributed by atoms with Crippen molar-refractivity contribution in [1.29, 1.82) is 0 Å². The van der Waals surface area contributed by atoms with Crippen molar-refractivity contribution in [2.75, 3.05) is 0 Å². The third-order valence-electron chi connectivity index (χ3n) is 2.37. The first kappa shape index (κ1) is 10.6. The minimum Gasteiger partial charge on any atom is -0.256 e. The topological polar surface area (TPSA) is 12.9 Å². The first-order valence-corrected chi connectivity index (χ1v) is 5.15. The fourth-order valence-electron chi connectivity index (χ4n) is 1.50. The summed E-state index contributed by atoms with van der Waals surface area (Å²) in [4.78, 5) is 4.24. The van der Waals surface area contributed by atoms with Crippen molar-refractivity contribution in [3.8, 4) is 11.3 Å². The molecule has 2 heteroatoms. The molecule has 2 aromatic rings. The van der Waals surface area contributed by atoms with E-state index in [1.54, 1.807) is 25.3 Å². The second-order valence-electron chi connectivity index (χ2n) is 3.43. The number of rotatable bonds is 2. The number of benzene rings is 1. The molecule has 0 amide bonds. The van der Waals surface area contributed by atoms with Gasteiger partial charge in [-0.05, 0) is 19.1 Å². The molecular formula is C14H12FN. The van der Waals surface area contributed by atoms with Gasteiger partial charge in [0.15, 0.2) is 0 Å². The molecule has 80 valence electrons. The maximum absolute atomic E-state index is 13.2. The summed E-state index contributed by atoms with van der Waals surface area (Å²) in [7, 11) is 0. The van der Waals surface area contributed by atoms with Gasteiger partial charge in [0.2, 0.25) is 0 Å². The van der Waals surface area contributed by atoms with Crippen LogP contribution < -0.4 is 0 Å². The van der Waals surface area contributed by atoms with Crippen molar-refractivity contribution in [2.45, 2.75) is 6.92 Å². The Balaban J connectivity index is 2.34. The number of nitrogens with zero attached hydrogens (tertiary/aromatic N) is 1. The van der Waals surface area contributed by atoms with Crippen LogP contribution >= 0.6 is 0 Å². The van der Waals surface area contributed by atoms with Gasteiger partial charge < -0.3 is 0 Å². The lowest BCUT2D eigenvalue weighted by Crippen LogP contribution is -1.83. The molecule has 0 bridgehead atoms. The monoisotopic (exact) mass is 213 g/mol. The van der Waals surface area contributed by atoms with E-state index in [1.807, 2.05) is 30.3 Å². The highest BCUT2D eigenvalue weighted by atomic mass is 19.1. The summed E-state index contributed by atoms with van der Waals surface area (Å²) in [5, 5.41) is 0. The molecular weight excluding hydrogens is 201 g/mol. The van der Waals surface area contributed by atoms with Crippen LogP contribution in [-0.2, 0) is 0 Å². The zero-order valence-electron chi connectivity index (χ0n) is 9.02. The highest BCUT2D eigenvalue weighted by Crippen LogP contribution is 2.21. The Labute approximate surface area is 94.3 Å². The van der Waals surface area contributed by atoms with Gasteiger partial charge in [0.05, 0.1) is 5.69 Å². The van der Waals surface area contributed by atoms with Crippen LogP contribution in [0.3, 0.4) is 0 Å².